The predicted octanol–water partition coefficient (Wildman–Crippen LogP) is 0.633. The van der Waals surface area contributed by atoms with Crippen LogP contribution >= 0.6 is 11.8 Å². The van der Waals surface area contributed by atoms with E-state index >= 15 is 0 Å². The van der Waals surface area contributed by atoms with E-state index in [2.05, 4.69) is 6.07 Å². The molecule has 4 nitrogen and oxygen atoms in total. The summed E-state index contributed by atoms with van der Waals surface area (Å²) in [5.41, 5.74) is 0. The number of hydrogen-bond donors (Lipinski definition) is 0. The normalized spacial score (nSPS) is 31.3. The van der Waals surface area contributed by atoms with Crippen LogP contribution in [0.25, 0.3) is 0 Å². The van der Waals surface area contributed by atoms with Gasteiger partial charge in [-0.3, -0.25) is 4.79 Å². The van der Waals surface area contributed by atoms with Crippen molar-refractivity contribution >= 4 is 17.7 Å². The van der Waals surface area contributed by atoms with Gasteiger partial charge >= 0.3 is 0 Å². The van der Waals surface area contributed by atoms with Crippen LogP contribution in [0.5, 0.6) is 0 Å². The van der Waals surface area contributed by atoms with Crippen molar-refractivity contribution in [3.8, 4) is 6.07 Å². The Morgan fingerprint density at radius 3 is 3.13 bits per heavy atom. The van der Waals surface area contributed by atoms with E-state index in [1.54, 1.807) is 16.7 Å². The maximum absolute atomic E-state index is 12.0. The van der Waals surface area contributed by atoms with Crippen molar-refractivity contribution in [2.24, 2.45) is 0 Å². The first-order valence-electron chi connectivity index (χ1n) is 5.23. The molecule has 0 saturated carbocycles. The summed E-state index contributed by atoms with van der Waals surface area (Å²) >= 11 is 1.74. The molecule has 2 aliphatic rings. The molecule has 0 aliphatic carbocycles. The molecule has 2 fully saturated rings. The van der Waals surface area contributed by atoms with Crippen LogP contribution in [0, 0.1) is 11.3 Å². The Labute approximate surface area is 93.6 Å². The van der Waals surface area contributed by atoms with Crippen LogP contribution in [-0.4, -0.2) is 47.6 Å². The highest BCUT2D eigenvalue weighted by Gasteiger charge is 2.31. The fourth-order valence-electron chi connectivity index (χ4n) is 1.90. The molecule has 2 rings (SSSR count). The largest absolute Gasteiger partial charge is 0.360 e. The van der Waals surface area contributed by atoms with Gasteiger partial charge in [-0.1, -0.05) is 0 Å². The molecule has 0 aromatic rings. The van der Waals surface area contributed by atoms with Crippen molar-refractivity contribution in [1.82, 2.24) is 4.90 Å². The number of amides is 1. The first-order chi connectivity index (χ1) is 7.31. The topological polar surface area (TPSA) is 53.3 Å². The van der Waals surface area contributed by atoms with E-state index in [1.165, 1.54) is 0 Å². The second-order valence-electron chi connectivity index (χ2n) is 3.77. The highest BCUT2D eigenvalue weighted by molar-refractivity contribution is 8.00. The van der Waals surface area contributed by atoms with E-state index in [1.807, 2.05) is 0 Å². The van der Waals surface area contributed by atoms with Crippen molar-refractivity contribution in [3.63, 3.8) is 0 Å². The zero-order chi connectivity index (χ0) is 10.7. The van der Waals surface area contributed by atoms with E-state index in [4.69, 9.17) is 10.00 Å². The second kappa shape index (κ2) is 4.86. The summed E-state index contributed by atoms with van der Waals surface area (Å²) in [4.78, 5) is 13.8. The Morgan fingerprint density at radius 2 is 2.47 bits per heavy atom. The van der Waals surface area contributed by atoms with Crippen molar-refractivity contribution < 1.29 is 9.53 Å². The third-order valence-corrected chi connectivity index (χ3v) is 4.09. The first-order valence-corrected chi connectivity index (χ1v) is 6.28. The van der Waals surface area contributed by atoms with E-state index < -0.39 is 6.10 Å². The second-order valence-corrected chi connectivity index (χ2v) is 5.09. The number of thioether (sulfide) groups is 1. The third-order valence-electron chi connectivity index (χ3n) is 2.73. The van der Waals surface area contributed by atoms with E-state index in [0.717, 1.165) is 18.6 Å². The quantitative estimate of drug-likeness (QED) is 0.658. The van der Waals surface area contributed by atoms with Gasteiger partial charge in [0.1, 0.15) is 0 Å². The SMILES string of the molecule is N#CC1CN(C(=O)C2CCCS2)CCO1. The summed E-state index contributed by atoms with van der Waals surface area (Å²) < 4.78 is 5.21. The molecule has 0 aromatic carbocycles. The number of hydrogen-bond acceptors (Lipinski definition) is 4. The number of morpholine rings is 1. The van der Waals surface area contributed by atoms with Crippen LogP contribution in [0.4, 0.5) is 0 Å². The molecule has 2 heterocycles. The Morgan fingerprint density at radius 1 is 1.60 bits per heavy atom. The van der Waals surface area contributed by atoms with Gasteiger partial charge < -0.3 is 9.64 Å². The lowest BCUT2D eigenvalue weighted by atomic mass is 10.2. The summed E-state index contributed by atoms with van der Waals surface area (Å²) in [6.45, 7) is 1.56. The molecule has 0 spiro atoms. The monoisotopic (exact) mass is 226 g/mol. The average molecular weight is 226 g/mol. The lowest BCUT2D eigenvalue weighted by Gasteiger charge is -2.31. The molecule has 0 radical (unpaired) electrons. The van der Waals surface area contributed by atoms with E-state index in [0.29, 0.717) is 19.7 Å². The maximum Gasteiger partial charge on any atom is 0.235 e. The minimum Gasteiger partial charge on any atom is -0.360 e. The molecule has 2 atom stereocenters. The van der Waals surface area contributed by atoms with Crippen molar-refractivity contribution in [2.45, 2.75) is 24.2 Å². The Balaban J connectivity index is 1.92. The van der Waals surface area contributed by atoms with Crippen molar-refractivity contribution in [3.05, 3.63) is 0 Å². The predicted molar refractivity (Wildman–Crippen MR) is 57.4 cm³/mol. The Kier molecular flexibility index (Phi) is 3.49. The summed E-state index contributed by atoms with van der Waals surface area (Å²) in [5.74, 6) is 1.28. The van der Waals surface area contributed by atoms with Crippen LogP contribution in [0.2, 0.25) is 0 Å². The molecule has 5 heteroatoms. The van der Waals surface area contributed by atoms with E-state index in [-0.39, 0.29) is 11.2 Å². The standard InChI is InChI=1S/C10H14N2O2S/c11-6-8-7-12(3-4-14-8)10(13)9-2-1-5-15-9/h8-9H,1-5,7H2. The van der Waals surface area contributed by atoms with Gasteiger partial charge in [0.25, 0.3) is 0 Å². The van der Waals surface area contributed by atoms with Crippen molar-refractivity contribution in [1.29, 1.82) is 5.26 Å². The van der Waals surface area contributed by atoms with Crippen LogP contribution in [-0.2, 0) is 9.53 Å². The zero-order valence-electron chi connectivity index (χ0n) is 8.52. The molecule has 82 valence electrons. The van der Waals surface area contributed by atoms with Gasteiger partial charge in [-0.2, -0.15) is 5.26 Å². The molecular formula is C10H14N2O2S. The highest BCUT2D eigenvalue weighted by Crippen LogP contribution is 2.28. The number of nitrogens with zero attached hydrogens (tertiary/aromatic N) is 2. The summed E-state index contributed by atoms with van der Waals surface area (Å²) in [6.07, 6.45) is 1.68. The van der Waals surface area contributed by atoms with Gasteiger partial charge in [0.05, 0.1) is 24.5 Å². The average Bonchev–Trinajstić information content (AvgIpc) is 2.81. The van der Waals surface area contributed by atoms with Gasteiger partial charge in [-0.15, -0.1) is 11.8 Å². The highest BCUT2D eigenvalue weighted by atomic mass is 32.2. The molecule has 2 saturated heterocycles. The smallest absolute Gasteiger partial charge is 0.235 e. The fraction of sp³-hybridized carbons (Fsp3) is 0.800. The minimum atomic E-state index is -0.436. The van der Waals surface area contributed by atoms with Crippen LogP contribution in [0.15, 0.2) is 0 Å². The molecule has 2 unspecified atom stereocenters. The van der Waals surface area contributed by atoms with Gasteiger partial charge in [0.15, 0.2) is 6.10 Å². The molecule has 1 amide bonds. The van der Waals surface area contributed by atoms with Gasteiger partial charge in [0, 0.05) is 6.54 Å². The molecule has 0 bridgehead atoms. The summed E-state index contributed by atoms with van der Waals surface area (Å²) in [5, 5.41) is 8.87. The minimum absolute atomic E-state index is 0.127. The Bertz CT molecular complexity index is 284. The van der Waals surface area contributed by atoms with Crippen molar-refractivity contribution in [2.75, 3.05) is 25.4 Å². The number of carbonyl (C=O) groups is 1. The molecule has 2 aliphatic heterocycles. The number of ether oxygens (including phenoxy) is 1. The number of carbonyl (C=O) groups excluding carboxylic acids is 1. The van der Waals surface area contributed by atoms with Gasteiger partial charge in [0.2, 0.25) is 5.91 Å². The van der Waals surface area contributed by atoms with Crippen LogP contribution in [0.1, 0.15) is 12.8 Å². The summed E-state index contributed by atoms with van der Waals surface area (Å²) in [7, 11) is 0. The number of nitriles is 1. The first kappa shape index (κ1) is 10.8. The van der Waals surface area contributed by atoms with Crippen LogP contribution < -0.4 is 0 Å². The maximum atomic E-state index is 12.0. The van der Waals surface area contributed by atoms with Gasteiger partial charge in [-0.05, 0) is 18.6 Å². The molecular weight excluding hydrogens is 212 g/mol. The van der Waals surface area contributed by atoms with Gasteiger partial charge in [-0.25, -0.2) is 0 Å². The third kappa shape index (κ3) is 2.44. The van der Waals surface area contributed by atoms with Crippen LogP contribution in [0.3, 0.4) is 0 Å². The lowest BCUT2D eigenvalue weighted by Crippen LogP contribution is -2.47. The fourth-order valence-corrected chi connectivity index (χ4v) is 3.15. The molecule has 15 heavy (non-hydrogen) atoms. The summed E-state index contributed by atoms with van der Waals surface area (Å²) in [6, 6.07) is 2.06. The number of rotatable bonds is 1. The van der Waals surface area contributed by atoms with E-state index in [9.17, 15) is 4.79 Å². The lowest BCUT2D eigenvalue weighted by molar-refractivity contribution is -0.136. The Hall–Kier alpha value is -0.730. The zero-order valence-corrected chi connectivity index (χ0v) is 9.33. The molecule has 0 N–H and O–H groups in total. The molecule has 0 aromatic heterocycles.